The van der Waals surface area contributed by atoms with Gasteiger partial charge in [-0.1, -0.05) is 0 Å². The van der Waals surface area contributed by atoms with Crippen molar-refractivity contribution in [2.75, 3.05) is 6.54 Å². The van der Waals surface area contributed by atoms with Gasteiger partial charge in [0.05, 0.1) is 0 Å². The van der Waals surface area contributed by atoms with E-state index in [9.17, 15) is 24.0 Å². The third-order valence-corrected chi connectivity index (χ3v) is 2.97. The first-order chi connectivity index (χ1) is 10.3. The summed E-state index contributed by atoms with van der Waals surface area (Å²) in [5.74, 6) is -3.95. The number of amides is 3. The van der Waals surface area contributed by atoms with Crippen LogP contribution in [0.15, 0.2) is 12.2 Å². The number of carboxylic acids is 2. The Morgan fingerprint density at radius 3 is 2.18 bits per heavy atom. The van der Waals surface area contributed by atoms with Gasteiger partial charge in [0.25, 0.3) is 11.8 Å². The molecule has 0 fully saturated rings. The minimum absolute atomic E-state index is 0.0605. The van der Waals surface area contributed by atoms with Crippen molar-refractivity contribution in [3.8, 4) is 0 Å². The van der Waals surface area contributed by atoms with Gasteiger partial charge in [0.15, 0.2) is 0 Å². The average molecular weight is 312 g/mol. The summed E-state index contributed by atoms with van der Waals surface area (Å²) in [6.45, 7) is 0.0605. The van der Waals surface area contributed by atoms with E-state index in [-0.39, 0.29) is 32.2 Å². The van der Waals surface area contributed by atoms with Gasteiger partial charge in [-0.3, -0.25) is 24.1 Å². The van der Waals surface area contributed by atoms with Crippen LogP contribution in [0.2, 0.25) is 0 Å². The summed E-state index contributed by atoms with van der Waals surface area (Å²) >= 11 is 0. The Morgan fingerprint density at radius 1 is 1.09 bits per heavy atom. The quantitative estimate of drug-likeness (QED) is 0.470. The van der Waals surface area contributed by atoms with Crippen LogP contribution >= 0.6 is 0 Å². The predicted octanol–water partition coefficient (Wildman–Crippen LogP) is -0.874. The van der Waals surface area contributed by atoms with Crippen molar-refractivity contribution in [3.05, 3.63) is 12.2 Å². The largest absolute Gasteiger partial charge is 0.481 e. The maximum atomic E-state index is 11.6. The fraction of sp³-hybridized carbons (Fsp3) is 0.462. The van der Waals surface area contributed by atoms with E-state index in [4.69, 9.17) is 10.2 Å². The first kappa shape index (κ1) is 17.3. The van der Waals surface area contributed by atoms with Crippen molar-refractivity contribution in [1.29, 1.82) is 0 Å². The normalized spacial score (nSPS) is 15.0. The number of hydrogen-bond donors (Lipinski definition) is 3. The summed E-state index contributed by atoms with van der Waals surface area (Å²) in [6.07, 6.45) is 1.79. The second-order valence-electron chi connectivity index (χ2n) is 4.66. The number of nitrogens with one attached hydrogen (secondary N) is 1. The Labute approximate surface area is 125 Å². The monoisotopic (exact) mass is 312 g/mol. The number of nitrogens with zero attached hydrogens (tertiary/aromatic N) is 1. The van der Waals surface area contributed by atoms with Gasteiger partial charge in [-0.25, -0.2) is 4.79 Å². The predicted molar refractivity (Wildman–Crippen MR) is 71.5 cm³/mol. The Kier molecular flexibility index (Phi) is 6.24. The molecule has 0 saturated heterocycles. The van der Waals surface area contributed by atoms with Crippen LogP contribution in [0.5, 0.6) is 0 Å². The topological polar surface area (TPSA) is 141 Å². The Morgan fingerprint density at radius 2 is 1.68 bits per heavy atom. The Balaban J connectivity index is 2.34. The lowest BCUT2D eigenvalue weighted by Gasteiger charge is -2.15. The maximum absolute atomic E-state index is 11.6. The number of imide groups is 1. The van der Waals surface area contributed by atoms with Crippen molar-refractivity contribution in [2.24, 2.45) is 0 Å². The van der Waals surface area contributed by atoms with Gasteiger partial charge in [0.1, 0.15) is 6.04 Å². The van der Waals surface area contributed by atoms with Gasteiger partial charge in [0, 0.05) is 31.5 Å². The van der Waals surface area contributed by atoms with E-state index in [0.717, 1.165) is 17.1 Å². The van der Waals surface area contributed by atoms with Gasteiger partial charge in [0.2, 0.25) is 5.91 Å². The summed E-state index contributed by atoms with van der Waals surface area (Å²) in [5.41, 5.74) is 0. The molecule has 1 aliphatic rings. The van der Waals surface area contributed by atoms with Gasteiger partial charge in [-0.05, 0) is 12.8 Å². The molecule has 0 aromatic carbocycles. The second-order valence-corrected chi connectivity index (χ2v) is 4.66. The molecule has 9 nitrogen and oxygen atoms in total. The van der Waals surface area contributed by atoms with Crippen LogP contribution < -0.4 is 5.32 Å². The van der Waals surface area contributed by atoms with E-state index >= 15 is 0 Å². The third kappa shape index (κ3) is 5.35. The fourth-order valence-corrected chi connectivity index (χ4v) is 1.84. The highest BCUT2D eigenvalue weighted by Gasteiger charge is 2.24. The molecule has 22 heavy (non-hydrogen) atoms. The first-order valence-electron chi connectivity index (χ1n) is 6.58. The van der Waals surface area contributed by atoms with Crippen LogP contribution in [0.4, 0.5) is 0 Å². The van der Waals surface area contributed by atoms with Gasteiger partial charge in [-0.2, -0.15) is 0 Å². The zero-order chi connectivity index (χ0) is 16.7. The molecule has 1 aliphatic heterocycles. The summed E-state index contributed by atoms with van der Waals surface area (Å²) in [6, 6.07) is -1.28. The highest BCUT2D eigenvalue weighted by Crippen LogP contribution is 2.06. The molecule has 1 rings (SSSR count). The van der Waals surface area contributed by atoms with Crippen LogP contribution in [0.3, 0.4) is 0 Å². The van der Waals surface area contributed by atoms with Crippen molar-refractivity contribution >= 4 is 29.7 Å². The molecule has 0 bridgehead atoms. The van der Waals surface area contributed by atoms with Crippen molar-refractivity contribution in [3.63, 3.8) is 0 Å². The zero-order valence-corrected chi connectivity index (χ0v) is 11.7. The molecule has 0 aliphatic carbocycles. The standard InChI is InChI=1S/C13H16N2O7/c16-9(14-8(13(21)22)3-6-12(19)20)2-1-7-15-10(17)4-5-11(15)18/h4-5,8H,1-3,6-7H2,(H,14,16)(H,19,20)(H,21,22). The summed E-state index contributed by atoms with van der Waals surface area (Å²) in [4.78, 5) is 56.4. The van der Waals surface area contributed by atoms with E-state index in [0.29, 0.717) is 0 Å². The number of carboxylic acid groups (broad SMARTS) is 2. The highest BCUT2D eigenvalue weighted by atomic mass is 16.4. The lowest BCUT2D eigenvalue weighted by molar-refractivity contribution is -0.143. The molecular formula is C13H16N2O7. The lowest BCUT2D eigenvalue weighted by atomic mass is 10.1. The molecule has 1 heterocycles. The summed E-state index contributed by atoms with van der Waals surface area (Å²) in [5, 5.41) is 19.6. The van der Waals surface area contributed by atoms with Gasteiger partial charge < -0.3 is 15.5 Å². The molecule has 1 atom stereocenters. The minimum Gasteiger partial charge on any atom is -0.481 e. The summed E-state index contributed by atoms with van der Waals surface area (Å²) in [7, 11) is 0. The molecule has 0 spiro atoms. The molecule has 120 valence electrons. The average Bonchev–Trinajstić information content (AvgIpc) is 2.74. The van der Waals surface area contributed by atoms with E-state index in [2.05, 4.69) is 5.32 Å². The molecular weight excluding hydrogens is 296 g/mol. The van der Waals surface area contributed by atoms with Crippen LogP contribution in [-0.2, 0) is 24.0 Å². The van der Waals surface area contributed by atoms with E-state index < -0.39 is 35.7 Å². The molecule has 0 aromatic heterocycles. The molecule has 0 aromatic rings. The highest BCUT2D eigenvalue weighted by molar-refractivity contribution is 6.12. The summed E-state index contributed by atoms with van der Waals surface area (Å²) < 4.78 is 0. The van der Waals surface area contributed by atoms with Crippen molar-refractivity contribution < 1.29 is 34.2 Å². The number of rotatable bonds is 9. The van der Waals surface area contributed by atoms with Gasteiger partial charge >= 0.3 is 11.9 Å². The maximum Gasteiger partial charge on any atom is 0.326 e. The van der Waals surface area contributed by atoms with Crippen LogP contribution in [0, 0.1) is 0 Å². The lowest BCUT2D eigenvalue weighted by Crippen LogP contribution is -2.41. The van der Waals surface area contributed by atoms with E-state index in [1.54, 1.807) is 0 Å². The second kappa shape index (κ2) is 7.91. The molecule has 0 saturated carbocycles. The minimum atomic E-state index is -1.32. The Bertz CT molecular complexity index is 508. The SMILES string of the molecule is O=C(O)CCC(NC(=O)CCCN1C(=O)C=CC1=O)C(=O)O. The molecule has 0 radical (unpaired) electrons. The Hall–Kier alpha value is -2.71. The van der Waals surface area contributed by atoms with Crippen LogP contribution in [0.25, 0.3) is 0 Å². The molecule has 1 unspecified atom stereocenters. The van der Waals surface area contributed by atoms with E-state index in [1.165, 1.54) is 0 Å². The van der Waals surface area contributed by atoms with Crippen LogP contribution in [-0.4, -0.2) is 57.4 Å². The van der Waals surface area contributed by atoms with E-state index in [1.807, 2.05) is 0 Å². The number of carbonyl (C=O) groups is 5. The van der Waals surface area contributed by atoms with Crippen LogP contribution in [0.1, 0.15) is 25.7 Å². The van der Waals surface area contributed by atoms with Gasteiger partial charge in [-0.15, -0.1) is 0 Å². The first-order valence-corrected chi connectivity index (χ1v) is 6.58. The number of hydrogen-bond acceptors (Lipinski definition) is 5. The molecule has 9 heteroatoms. The fourth-order valence-electron chi connectivity index (χ4n) is 1.84. The molecule has 3 amide bonds. The van der Waals surface area contributed by atoms with Crippen molar-refractivity contribution in [2.45, 2.75) is 31.7 Å². The third-order valence-electron chi connectivity index (χ3n) is 2.97. The van der Waals surface area contributed by atoms with Crippen molar-refractivity contribution in [1.82, 2.24) is 10.2 Å². The molecule has 3 N–H and O–H groups in total. The zero-order valence-electron chi connectivity index (χ0n) is 11.7. The number of aliphatic carboxylic acids is 2. The smallest absolute Gasteiger partial charge is 0.326 e. The number of carbonyl (C=O) groups excluding carboxylic acids is 3.